The zero-order chi connectivity index (χ0) is 16.1. The molecule has 2 saturated heterocycles. The Morgan fingerprint density at radius 2 is 1.43 bits per heavy atom. The van der Waals surface area contributed by atoms with E-state index in [9.17, 15) is 9.59 Å². The molecule has 1 saturated carbocycles. The predicted octanol–water partition coefficient (Wildman–Crippen LogP) is 2.75. The molecule has 1 N–H and O–H groups in total. The standard InChI is InChI=1S/C18H31N3O2/c22-17(20-10-4-5-11-20)14-15-8-12-21(13-9-15)18(23)19-16-6-2-1-3-7-16/h15-16H,1-14H2,(H,19,23). The van der Waals surface area contributed by atoms with E-state index in [-0.39, 0.29) is 6.03 Å². The Balaban J connectivity index is 1.37. The van der Waals surface area contributed by atoms with Crippen molar-refractivity contribution in [2.75, 3.05) is 26.2 Å². The van der Waals surface area contributed by atoms with E-state index in [1.165, 1.54) is 19.3 Å². The molecule has 2 heterocycles. The zero-order valence-corrected chi connectivity index (χ0v) is 14.3. The smallest absolute Gasteiger partial charge is 0.317 e. The summed E-state index contributed by atoms with van der Waals surface area (Å²) in [5, 5.41) is 3.20. The number of hydrogen-bond donors (Lipinski definition) is 1. The van der Waals surface area contributed by atoms with Gasteiger partial charge in [-0.25, -0.2) is 4.79 Å². The second-order valence-corrected chi connectivity index (χ2v) is 7.51. The summed E-state index contributed by atoms with van der Waals surface area (Å²) in [6.07, 6.45) is 11.0. The minimum Gasteiger partial charge on any atom is -0.343 e. The Morgan fingerprint density at radius 3 is 2.09 bits per heavy atom. The van der Waals surface area contributed by atoms with E-state index in [0.29, 0.717) is 24.3 Å². The van der Waals surface area contributed by atoms with Crippen molar-refractivity contribution < 1.29 is 9.59 Å². The molecule has 0 aromatic rings. The molecule has 23 heavy (non-hydrogen) atoms. The maximum atomic E-state index is 12.3. The fraction of sp³-hybridized carbons (Fsp3) is 0.889. The molecule has 1 aliphatic carbocycles. The van der Waals surface area contributed by atoms with Gasteiger partial charge in [0.2, 0.25) is 5.91 Å². The van der Waals surface area contributed by atoms with Crippen LogP contribution in [0.4, 0.5) is 4.79 Å². The molecule has 130 valence electrons. The van der Waals surface area contributed by atoms with Crippen LogP contribution < -0.4 is 5.32 Å². The lowest BCUT2D eigenvalue weighted by atomic mass is 9.93. The third kappa shape index (κ3) is 4.61. The number of carbonyl (C=O) groups is 2. The number of nitrogens with one attached hydrogen (secondary N) is 1. The van der Waals surface area contributed by atoms with Gasteiger partial charge in [0.15, 0.2) is 0 Å². The highest BCUT2D eigenvalue weighted by Crippen LogP contribution is 2.23. The average Bonchev–Trinajstić information content (AvgIpc) is 3.11. The molecule has 3 rings (SSSR count). The molecule has 3 aliphatic rings. The van der Waals surface area contributed by atoms with Gasteiger partial charge in [-0.3, -0.25) is 4.79 Å². The van der Waals surface area contributed by atoms with Crippen LogP contribution in [0, 0.1) is 5.92 Å². The summed E-state index contributed by atoms with van der Waals surface area (Å²) in [4.78, 5) is 28.5. The molecule has 0 atom stereocenters. The summed E-state index contributed by atoms with van der Waals surface area (Å²) in [5.74, 6) is 0.787. The number of urea groups is 1. The SMILES string of the molecule is O=C(CC1CCN(C(=O)NC2CCCCC2)CC1)N1CCCC1. The lowest BCUT2D eigenvalue weighted by Gasteiger charge is -2.34. The van der Waals surface area contributed by atoms with Gasteiger partial charge < -0.3 is 15.1 Å². The Hall–Kier alpha value is -1.26. The maximum Gasteiger partial charge on any atom is 0.317 e. The van der Waals surface area contributed by atoms with Crippen LogP contribution in [-0.2, 0) is 4.79 Å². The summed E-state index contributed by atoms with van der Waals surface area (Å²) >= 11 is 0. The highest BCUT2D eigenvalue weighted by Gasteiger charge is 2.28. The van der Waals surface area contributed by atoms with E-state index < -0.39 is 0 Å². The van der Waals surface area contributed by atoms with Crippen molar-refractivity contribution in [2.45, 2.75) is 70.3 Å². The van der Waals surface area contributed by atoms with E-state index in [0.717, 1.165) is 64.7 Å². The first-order chi connectivity index (χ1) is 11.2. The van der Waals surface area contributed by atoms with Gasteiger partial charge in [-0.2, -0.15) is 0 Å². The molecular formula is C18H31N3O2. The normalized spacial score (nSPS) is 24.0. The molecule has 3 fully saturated rings. The number of likely N-dealkylation sites (tertiary alicyclic amines) is 2. The molecule has 0 aromatic carbocycles. The second-order valence-electron chi connectivity index (χ2n) is 7.51. The van der Waals surface area contributed by atoms with Gasteiger partial charge in [0, 0.05) is 38.6 Å². The van der Waals surface area contributed by atoms with E-state index in [4.69, 9.17) is 0 Å². The minimum absolute atomic E-state index is 0.112. The van der Waals surface area contributed by atoms with Crippen LogP contribution in [-0.4, -0.2) is 54.0 Å². The zero-order valence-electron chi connectivity index (χ0n) is 14.3. The van der Waals surface area contributed by atoms with Crippen molar-refractivity contribution >= 4 is 11.9 Å². The first-order valence-corrected chi connectivity index (χ1v) is 9.55. The monoisotopic (exact) mass is 321 g/mol. The van der Waals surface area contributed by atoms with Gasteiger partial charge in [0.1, 0.15) is 0 Å². The van der Waals surface area contributed by atoms with Crippen molar-refractivity contribution in [3.8, 4) is 0 Å². The fourth-order valence-corrected chi connectivity index (χ4v) is 4.20. The van der Waals surface area contributed by atoms with Crippen LogP contribution in [0.3, 0.4) is 0 Å². The van der Waals surface area contributed by atoms with Crippen LogP contribution in [0.25, 0.3) is 0 Å². The summed E-state index contributed by atoms with van der Waals surface area (Å²) in [7, 11) is 0. The van der Waals surface area contributed by atoms with Gasteiger partial charge in [-0.1, -0.05) is 19.3 Å². The molecule has 5 nitrogen and oxygen atoms in total. The number of piperidine rings is 1. The number of rotatable bonds is 3. The van der Waals surface area contributed by atoms with E-state index in [1.807, 2.05) is 9.80 Å². The lowest BCUT2D eigenvalue weighted by molar-refractivity contribution is -0.131. The Bertz CT molecular complexity index is 406. The Morgan fingerprint density at radius 1 is 0.783 bits per heavy atom. The molecule has 2 aliphatic heterocycles. The third-order valence-corrected chi connectivity index (χ3v) is 5.76. The van der Waals surface area contributed by atoms with Gasteiger partial charge >= 0.3 is 6.03 Å². The predicted molar refractivity (Wildman–Crippen MR) is 90.1 cm³/mol. The topological polar surface area (TPSA) is 52.7 Å². The quantitative estimate of drug-likeness (QED) is 0.869. The molecular weight excluding hydrogens is 290 g/mol. The number of carbonyl (C=O) groups excluding carboxylic acids is 2. The third-order valence-electron chi connectivity index (χ3n) is 5.76. The molecule has 0 radical (unpaired) electrons. The first-order valence-electron chi connectivity index (χ1n) is 9.55. The second kappa shape index (κ2) is 8.02. The van der Waals surface area contributed by atoms with Crippen LogP contribution >= 0.6 is 0 Å². The molecule has 3 amide bonds. The van der Waals surface area contributed by atoms with Crippen molar-refractivity contribution in [1.29, 1.82) is 0 Å². The van der Waals surface area contributed by atoms with Gasteiger partial charge in [-0.15, -0.1) is 0 Å². The minimum atomic E-state index is 0.112. The summed E-state index contributed by atoms with van der Waals surface area (Å²) in [6.45, 7) is 3.50. The van der Waals surface area contributed by atoms with Crippen LogP contribution in [0.5, 0.6) is 0 Å². The summed E-state index contributed by atoms with van der Waals surface area (Å²) in [5.41, 5.74) is 0. The van der Waals surface area contributed by atoms with Crippen LogP contribution in [0.15, 0.2) is 0 Å². The molecule has 0 aromatic heterocycles. The molecule has 0 bridgehead atoms. The number of amides is 3. The summed E-state index contributed by atoms with van der Waals surface area (Å²) in [6, 6.07) is 0.493. The molecule has 0 unspecified atom stereocenters. The maximum absolute atomic E-state index is 12.3. The lowest BCUT2D eigenvalue weighted by Crippen LogP contribution is -2.48. The average molecular weight is 321 g/mol. The van der Waals surface area contributed by atoms with Crippen LogP contribution in [0.1, 0.15) is 64.2 Å². The van der Waals surface area contributed by atoms with Crippen molar-refractivity contribution in [2.24, 2.45) is 5.92 Å². The van der Waals surface area contributed by atoms with Crippen LogP contribution in [0.2, 0.25) is 0 Å². The fourth-order valence-electron chi connectivity index (χ4n) is 4.20. The van der Waals surface area contributed by atoms with E-state index >= 15 is 0 Å². The first kappa shape index (κ1) is 16.6. The molecule has 0 spiro atoms. The van der Waals surface area contributed by atoms with Gasteiger partial charge in [0.25, 0.3) is 0 Å². The Kier molecular flexibility index (Phi) is 5.79. The van der Waals surface area contributed by atoms with Crippen molar-refractivity contribution in [3.05, 3.63) is 0 Å². The largest absolute Gasteiger partial charge is 0.343 e. The summed E-state index contributed by atoms with van der Waals surface area (Å²) < 4.78 is 0. The van der Waals surface area contributed by atoms with E-state index in [2.05, 4.69) is 5.32 Å². The Labute approximate surface area is 139 Å². The highest BCUT2D eigenvalue weighted by atomic mass is 16.2. The van der Waals surface area contributed by atoms with Crippen molar-refractivity contribution in [1.82, 2.24) is 15.1 Å². The molecule has 5 heteroatoms. The number of nitrogens with zero attached hydrogens (tertiary/aromatic N) is 2. The number of hydrogen-bond acceptors (Lipinski definition) is 2. The highest BCUT2D eigenvalue weighted by molar-refractivity contribution is 5.77. The van der Waals surface area contributed by atoms with Gasteiger partial charge in [-0.05, 0) is 44.4 Å². The van der Waals surface area contributed by atoms with E-state index in [1.54, 1.807) is 0 Å². The van der Waals surface area contributed by atoms with Crippen molar-refractivity contribution in [3.63, 3.8) is 0 Å². The van der Waals surface area contributed by atoms with Gasteiger partial charge in [0.05, 0.1) is 0 Å².